The molecule has 0 aliphatic carbocycles. The maximum atomic E-state index is 11.9. The number of benzene rings is 2. The molecular weight excluding hydrogens is 440 g/mol. The van der Waals surface area contributed by atoms with Crippen molar-refractivity contribution in [3.63, 3.8) is 0 Å². The molecule has 0 amide bonds. The highest BCUT2D eigenvalue weighted by Gasteiger charge is 2.22. The summed E-state index contributed by atoms with van der Waals surface area (Å²) in [5, 5.41) is 14.3. The number of carbonyl (C=O) groups excluding carboxylic acids is 1. The van der Waals surface area contributed by atoms with Gasteiger partial charge in [0.05, 0.1) is 22.9 Å². The first-order chi connectivity index (χ1) is 15.7. The second kappa shape index (κ2) is 11.0. The van der Waals surface area contributed by atoms with Gasteiger partial charge >= 0.3 is 10.8 Å². The molecule has 7 nitrogen and oxygen atoms in total. The molecule has 2 aromatic carbocycles. The molecule has 0 fully saturated rings. The summed E-state index contributed by atoms with van der Waals surface area (Å²) in [6, 6.07) is 11.3. The van der Waals surface area contributed by atoms with Crippen molar-refractivity contribution in [3.05, 3.63) is 57.2 Å². The zero-order chi connectivity index (χ0) is 24.0. The van der Waals surface area contributed by atoms with Gasteiger partial charge in [-0.15, -0.1) is 0 Å². The number of aliphatic hydroxyl groups excluding tert-OH is 1. The lowest BCUT2D eigenvalue weighted by atomic mass is 9.94. The van der Waals surface area contributed by atoms with Crippen molar-refractivity contribution in [2.45, 2.75) is 58.6 Å². The van der Waals surface area contributed by atoms with E-state index < -0.39 is 12.1 Å². The van der Waals surface area contributed by atoms with Crippen molar-refractivity contribution in [1.82, 2.24) is 10.3 Å². The summed E-state index contributed by atoms with van der Waals surface area (Å²) in [5.41, 5.74) is 1.96. The van der Waals surface area contributed by atoms with Gasteiger partial charge in [-0.3, -0.25) is 9.59 Å². The topological polar surface area (TPSA) is 101 Å². The van der Waals surface area contributed by atoms with E-state index in [0.717, 1.165) is 48.5 Å². The van der Waals surface area contributed by atoms with Crippen molar-refractivity contribution in [1.29, 1.82) is 0 Å². The Morgan fingerprint density at radius 2 is 1.94 bits per heavy atom. The van der Waals surface area contributed by atoms with E-state index in [1.807, 2.05) is 12.1 Å². The van der Waals surface area contributed by atoms with Gasteiger partial charge < -0.3 is 24.9 Å². The maximum absolute atomic E-state index is 11.9. The second-order valence-corrected chi connectivity index (χ2v) is 9.78. The maximum Gasteiger partial charge on any atom is 0.308 e. The number of aromatic amines is 1. The first-order valence-electron chi connectivity index (χ1n) is 11.2. The largest absolute Gasteiger partial charge is 0.494 e. The Kier molecular flexibility index (Phi) is 8.29. The number of hydrogen-bond acceptors (Lipinski definition) is 7. The SMILES string of the molecule is CCCCOc1ccc(CC(C)(C)NCC(O)c2cc(OC(C)=O)cc3[nH]c(=O)sc23)cc1. The van der Waals surface area contributed by atoms with Gasteiger partial charge in [-0.1, -0.05) is 36.8 Å². The monoisotopic (exact) mass is 472 g/mol. The van der Waals surface area contributed by atoms with E-state index in [1.54, 1.807) is 12.1 Å². The predicted molar refractivity (Wildman–Crippen MR) is 131 cm³/mol. The Hall–Kier alpha value is -2.68. The third-order valence-corrected chi connectivity index (χ3v) is 6.20. The van der Waals surface area contributed by atoms with Gasteiger partial charge in [0.1, 0.15) is 11.5 Å². The molecule has 1 aromatic heterocycles. The molecule has 1 unspecified atom stereocenters. The van der Waals surface area contributed by atoms with E-state index in [-0.39, 0.29) is 17.0 Å². The highest BCUT2D eigenvalue weighted by atomic mass is 32.1. The number of thiazole rings is 1. The zero-order valence-electron chi connectivity index (χ0n) is 19.6. The summed E-state index contributed by atoms with van der Waals surface area (Å²) in [6.07, 6.45) is 2.01. The molecule has 33 heavy (non-hydrogen) atoms. The van der Waals surface area contributed by atoms with Crippen LogP contribution in [0.1, 0.15) is 57.8 Å². The number of β-amino-alcohol motifs (C(OH)–C–C–N with tert-alkyl or cyclic N) is 1. The van der Waals surface area contributed by atoms with Gasteiger partial charge in [0.15, 0.2) is 0 Å². The van der Waals surface area contributed by atoms with Gasteiger partial charge in [0, 0.05) is 30.6 Å². The van der Waals surface area contributed by atoms with Crippen LogP contribution in [-0.2, 0) is 11.2 Å². The fraction of sp³-hybridized carbons (Fsp3) is 0.440. The Labute approximate surface area is 197 Å². The van der Waals surface area contributed by atoms with Gasteiger partial charge in [-0.05, 0) is 50.5 Å². The number of carbonyl (C=O) groups is 1. The van der Waals surface area contributed by atoms with E-state index in [1.165, 1.54) is 6.92 Å². The smallest absolute Gasteiger partial charge is 0.308 e. The van der Waals surface area contributed by atoms with Crippen LogP contribution in [-0.4, -0.2) is 34.8 Å². The fourth-order valence-electron chi connectivity index (χ4n) is 3.62. The molecule has 0 saturated carbocycles. The number of aliphatic hydroxyl groups is 1. The van der Waals surface area contributed by atoms with Gasteiger partial charge in [0.25, 0.3) is 0 Å². The van der Waals surface area contributed by atoms with Crippen LogP contribution in [0.5, 0.6) is 11.5 Å². The van der Waals surface area contributed by atoms with E-state index in [9.17, 15) is 14.7 Å². The van der Waals surface area contributed by atoms with Crippen LogP contribution < -0.4 is 19.7 Å². The minimum Gasteiger partial charge on any atom is -0.494 e. The molecule has 0 bridgehead atoms. The quantitative estimate of drug-likeness (QED) is 0.218. The van der Waals surface area contributed by atoms with Gasteiger partial charge in [0.2, 0.25) is 0 Å². The third-order valence-electron chi connectivity index (χ3n) is 5.25. The van der Waals surface area contributed by atoms with Crippen LogP contribution in [0.2, 0.25) is 0 Å². The van der Waals surface area contributed by atoms with E-state index >= 15 is 0 Å². The summed E-state index contributed by atoms with van der Waals surface area (Å²) in [7, 11) is 0. The first kappa shape index (κ1) is 25.0. The first-order valence-corrected chi connectivity index (χ1v) is 12.0. The predicted octanol–water partition coefficient (Wildman–Crippen LogP) is 4.34. The van der Waals surface area contributed by atoms with Crippen LogP contribution in [0.25, 0.3) is 10.2 Å². The third kappa shape index (κ3) is 7.15. The molecule has 0 aliphatic heterocycles. The van der Waals surface area contributed by atoms with Crippen LogP contribution >= 0.6 is 11.3 Å². The zero-order valence-corrected chi connectivity index (χ0v) is 20.4. The molecule has 0 radical (unpaired) electrons. The number of H-pyrrole nitrogens is 1. The lowest BCUT2D eigenvalue weighted by Crippen LogP contribution is -2.43. The molecule has 3 aromatic rings. The summed E-state index contributed by atoms with van der Waals surface area (Å²) in [6.45, 7) is 8.59. The van der Waals surface area contributed by atoms with Crippen molar-refractivity contribution >= 4 is 27.5 Å². The minimum absolute atomic E-state index is 0.228. The van der Waals surface area contributed by atoms with E-state index in [4.69, 9.17) is 9.47 Å². The number of ether oxygens (including phenoxy) is 2. The normalized spacial score (nSPS) is 12.6. The summed E-state index contributed by atoms with van der Waals surface area (Å²) in [4.78, 5) is 25.7. The Morgan fingerprint density at radius 3 is 2.61 bits per heavy atom. The molecule has 3 N–H and O–H groups in total. The van der Waals surface area contributed by atoms with Crippen molar-refractivity contribution in [2.24, 2.45) is 0 Å². The summed E-state index contributed by atoms with van der Waals surface area (Å²) >= 11 is 1.03. The second-order valence-electron chi connectivity index (χ2n) is 8.80. The van der Waals surface area contributed by atoms with Crippen LogP contribution in [0.4, 0.5) is 0 Å². The number of hydrogen-bond donors (Lipinski definition) is 3. The molecule has 1 atom stereocenters. The molecule has 0 saturated heterocycles. The molecule has 8 heteroatoms. The Balaban J connectivity index is 1.66. The van der Waals surface area contributed by atoms with Crippen LogP contribution in [0.3, 0.4) is 0 Å². The van der Waals surface area contributed by atoms with Crippen LogP contribution in [0.15, 0.2) is 41.2 Å². The minimum atomic E-state index is -0.886. The average Bonchev–Trinajstić information content (AvgIpc) is 3.12. The van der Waals surface area contributed by atoms with Crippen LogP contribution in [0, 0.1) is 0 Å². The van der Waals surface area contributed by atoms with E-state index in [2.05, 4.69) is 43.2 Å². The molecular formula is C25H32N2O5S. The summed E-state index contributed by atoms with van der Waals surface area (Å²) in [5.74, 6) is 0.697. The van der Waals surface area contributed by atoms with Crippen molar-refractivity contribution in [3.8, 4) is 11.5 Å². The lowest BCUT2D eigenvalue weighted by Gasteiger charge is -2.28. The van der Waals surface area contributed by atoms with Gasteiger partial charge in [-0.25, -0.2) is 0 Å². The summed E-state index contributed by atoms with van der Waals surface area (Å²) < 4.78 is 11.6. The van der Waals surface area contributed by atoms with E-state index in [0.29, 0.717) is 21.5 Å². The number of fused-ring (bicyclic) bond motifs is 1. The number of nitrogens with one attached hydrogen (secondary N) is 2. The molecule has 0 spiro atoms. The Bertz CT molecular complexity index is 1130. The average molecular weight is 473 g/mol. The number of aromatic nitrogens is 1. The van der Waals surface area contributed by atoms with Gasteiger partial charge in [-0.2, -0.15) is 0 Å². The highest BCUT2D eigenvalue weighted by molar-refractivity contribution is 7.16. The molecule has 3 rings (SSSR count). The molecule has 178 valence electrons. The molecule has 0 aliphatic rings. The van der Waals surface area contributed by atoms with Crippen molar-refractivity contribution < 1.29 is 19.4 Å². The number of rotatable bonds is 11. The standard InChI is InChI=1S/C25H32N2O5S/c1-5-6-11-31-18-9-7-17(8-10-18)14-25(3,4)26-15-22(29)20-12-19(32-16(2)28)13-21-23(20)33-24(30)27-21/h7-10,12-13,22,26,29H,5-6,11,14-15H2,1-4H3,(H,27,30). The van der Waals surface area contributed by atoms with Crippen molar-refractivity contribution in [2.75, 3.05) is 13.2 Å². The Morgan fingerprint density at radius 1 is 1.21 bits per heavy atom. The fourth-order valence-corrected chi connectivity index (χ4v) is 4.50. The lowest BCUT2D eigenvalue weighted by molar-refractivity contribution is -0.131. The number of unbranched alkanes of at least 4 members (excludes halogenated alkanes) is 1. The highest BCUT2D eigenvalue weighted by Crippen LogP contribution is 2.31. The number of esters is 1. The molecule has 1 heterocycles.